The molecule has 4 rings (SSSR count). The van der Waals surface area contributed by atoms with Gasteiger partial charge in [-0.05, 0) is 43.7 Å². The fraction of sp³-hybridized carbons (Fsp3) is 0.174. The number of aryl methyl sites for hydroxylation is 1. The first-order chi connectivity index (χ1) is 15.8. The number of benzene rings is 2. The van der Waals surface area contributed by atoms with E-state index in [4.69, 9.17) is 4.74 Å². The largest absolute Gasteiger partial charge is 0.456 e. The first-order valence-electron chi connectivity index (χ1n) is 10.1. The standard InChI is InChI=1S/C23H21N3O5S2/c1-3-26(19-7-5-4-6-8-19)33(29,30)20-13-17(10-9-16(20)2)22(28)31-15-18-14-21(27)25-11-12-32-23(25)24-18/h4-14H,3,15H2,1-2H3. The number of thiazole rings is 1. The lowest BCUT2D eigenvalue weighted by atomic mass is 10.1. The molecule has 8 nitrogen and oxygen atoms in total. The third kappa shape index (κ3) is 4.53. The van der Waals surface area contributed by atoms with Crippen LogP contribution in [-0.4, -0.2) is 30.3 Å². The van der Waals surface area contributed by atoms with Crippen molar-refractivity contribution in [2.24, 2.45) is 0 Å². The maximum atomic E-state index is 13.4. The van der Waals surface area contributed by atoms with E-state index in [1.807, 2.05) is 6.07 Å². The number of hydrogen-bond acceptors (Lipinski definition) is 7. The van der Waals surface area contributed by atoms with Gasteiger partial charge >= 0.3 is 5.97 Å². The first-order valence-corrected chi connectivity index (χ1v) is 12.4. The van der Waals surface area contributed by atoms with Crippen LogP contribution in [0.25, 0.3) is 4.96 Å². The highest BCUT2D eigenvalue weighted by Gasteiger charge is 2.26. The van der Waals surface area contributed by atoms with Gasteiger partial charge in [-0.25, -0.2) is 18.2 Å². The lowest BCUT2D eigenvalue weighted by molar-refractivity contribution is 0.0467. The van der Waals surface area contributed by atoms with E-state index in [0.29, 0.717) is 21.9 Å². The second kappa shape index (κ2) is 9.16. The quantitative estimate of drug-likeness (QED) is 0.372. The Labute approximate surface area is 194 Å². The highest BCUT2D eigenvalue weighted by atomic mass is 32.2. The zero-order valence-electron chi connectivity index (χ0n) is 18.0. The van der Waals surface area contributed by atoms with Crippen molar-refractivity contribution in [3.8, 4) is 0 Å². The monoisotopic (exact) mass is 483 g/mol. The Morgan fingerprint density at radius 2 is 1.91 bits per heavy atom. The van der Waals surface area contributed by atoms with Gasteiger partial charge in [-0.3, -0.25) is 13.5 Å². The number of nitrogens with zero attached hydrogens (tertiary/aromatic N) is 3. The van der Waals surface area contributed by atoms with Crippen molar-refractivity contribution in [3.05, 3.63) is 93.3 Å². The summed E-state index contributed by atoms with van der Waals surface area (Å²) in [7, 11) is -3.91. The topological polar surface area (TPSA) is 98.0 Å². The van der Waals surface area contributed by atoms with Crippen LogP contribution >= 0.6 is 11.3 Å². The fourth-order valence-corrected chi connectivity index (χ4v) is 5.86. The van der Waals surface area contributed by atoms with Gasteiger partial charge in [-0.15, -0.1) is 11.3 Å². The maximum Gasteiger partial charge on any atom is 0.338 e. The molecule has 0 saturated carbocycles. The molecule has 2 heterocycles. The van der Waals surface area contributed by atoms with Gasteiger partial charge in [0.05, 0.1) is 21.8 Å². The molecule has 10 heteroatoms. The Balaban J connectivity index is 1.59. The zero-order valence-corrected chi connectivity index (χ0v) is 19.6. The average Bonchev–Trinajstić information content (AvgIpc) is 3.28. The second-order valence-electron chi connectivity index (χ2n) is 7.20. The molecular formula is C23H21N3O5S2. The summed E-state index contributed by atoms with van der Waals surface area (Å²) in [6.45, 7) is 3.45. The molecule has 0 spiro atoms. The Bertz CT molecular complexity index is 1480. The minimum atomic E-state index is -3.91. The van der Waals surface area contributed by atoms with Gasteiger partial charge in [0.1, 0.15) is 6.61 Å². The van der Waals surface area contributed by atoms with E-state index < -0.39 is 16.0 Å². The third-order valence-electron chi connectivity index (χ3n) is 5.03. The van der Waals surface area contributed by atoms with Gasteiger partial charge in [0.15, 0.2) is 4.96 Å². The molecule has 170 valence electrons. The molecule has 0 amide bonds. The van der Waals surface area contributed by atoms with Crippen molar-refractivity contribution in [2.75, 3.05) is 10.8 Å². The van der Waals surface area contributed by atoms with Crippen molar-refractivity contribution in [3.63, 3.8) is 0 Å². The average molecular weight is 484 g/mol. The number of aromatic nitrogens is 2. The van der Waals surface area contributed by atoms with E-state index in [9.17, 15) is 18.0 Å². The summed E-state index contributed by atoms with van der Waals surface area (Å²) in [6.07, 6.45) is 1.62. The van der Waals surface area contributed by atoms with E-state index in [-0.39, 0.29) is 29.2 Å². The van der Waals surface area contributed by atoms with E-state index in [1.54, 1.807) is 55.8 Å². The summed E-state index contributed by atoms with van der Waals surface area (Å²) >= 11 is 1.30. The minimum absolute atomic E-state index is 0.0269. The lowest BCUT2D eigenvalue weighted by Gasteiger charge is -2.24. The van der Waals surface area contributed by atoms with Crippen molar-refractivity contribution in [1.29, 1.82) is 0 Å². The summed E-state index contributed by atoms with van der Waals surface area (Å²) in [5.74, 6) is -0.706. The smallest absolute Gasteiger partial charge is 0.338 e. The number of anilines is 1. The van der Waals surface area contributed by atoms with Crippen LogP contribution in [0.1, 0.15) is 28.5 Å². The van der Waals surface area contributed by atoms with Crippen LogP contribution in [0, 0.1) is 6.92 Å². The number of esters is 1. The molecule has 33 heavy (non-hydrogen) atoms. The predicted molar refractivity (Wildman–Crippen MR) is 126 cm³/mol. The molecular weight excluding hydrogens is 462 g/mol. The molecule has 4 aromatic rings. The number of para-hydroxylation sites is 1. The van der Waals surface area contributed by atoms with Crippen molar-refractivity contribution >= 4 is 38.0 Å². The normalized spacial score (nSPS) is 11.5. The SMILES string of the molecule is CCN(c1ccccc1)S(=O)(=O)c1cc(C(=O)OCc2cc(=O)n3ccsc3n2)ccc1C. The number of sulfonamides is 1. The van der Waals surface area contributed by atoms with Crippen molar-refractivity contribution in [2.45, 2.75) is 25.3 Å². The molecule has 0 aliphatic rings. The van der Waals surface area contributed by atoms with Crippen LogP contribution in [0.3, 0.4) is 0 Å². The molecule has 0 radical (unpaired) electrons. The van der Waals surface area contributed by atoms with Crippen LogP contribution < -0.4 is 9.86 Å². The Kier molecular flexibility index (Phi) is 6.30. The summed E-state index contributed by atoms with van der Waals surface area (Å²) in [4.78, 5) is 29.6. The van der Waals surface area contributed by atoms with Gasteiger partial charge in [0, 0.05) is 24.2 Å². The minimum Gasteiger partial charge on any atom is -0.456 e. The van der Waals surface area contributed by atoms with Gasteiger partial charge in [-0.2, -0.15) is 0 Å². The van der Waals surface area contributed by atoms with Crippen LogP contribution in [0.2, 0.25) is 0 Å². The lowest BCUT2D eigenvalue weighted by Crippen LogP contribution is -2.31. The Morgan fingerprint density at radius 3 is 2.64 bits per heavy atom. The number of carbonyl (C=O) groups excluding carboxylic acids is 1. The van der Waals surface area contributed by atoms with Crippen LogP contribution in [0.4, 0.5) is 5.69 Å². The molecule has 0 bridgehead atoms. The highest BCUT2D eigenvalue weighted by Crippen LogP contribution is 2.26. The molecule has 0 N–H and O–H groups in total. The third-order valence-corrected chi connectivity index (χ3v) is 7.83. The number of ether oxygens (including phenoxy) is 1. The number of hydrogen-bond donors (Lipinski definition) is 0. The summed E-state index contributed by atoms with van der Waals surface area (Å²) in [5, 5.41) is 1.74. The molecule has 0 atom stereocenters. The Morgan fingerprint density at radius 1 is 1.15 bits per heavy atom. The van der Waals surface area contributed by atoms with Gasteiger partial charge in [-0.1, -0.05) is 24.3 Å². The van der Waals surface area contributed by atoms with E-state index >= 15 is 0 Å². The number of carbonyl (C=O) groups is 1. The van der Waals surface area contributed by atoms with E-state index in [2.05, 4.69) is 4.98 Å². The van der Waals surface area contributed by atoms with E-state index in [0.717, 1.165) is 0 Å². The van der Waals surface area contributed by atoms with Crippen molar-refractivity contribution in [1.82, 2.24) is 9.38 Å². The second-order valence-corrected chi connectivity index (χ2v) is 9.91. The molecule has 2 aromatic heterocycles. The molecule has 0 saturated heterocycles. The zero-order chi connectivity index (χ0) is 23.6. The fourth-order valence-electron chi connectivity index (χ4n) is 3.39. The van der Waals surface area contributed by atoms with E-state index in [1.165, 1.54) is 38.2 Å². The molecule has 2 aromatic carbocycles. The highest BCUT2D eigenvalue weighted by molar-refractivity contribution is 7.92. The van der Waals surface area contributed by atoms with Gasteiger partial charge in [0.2, 0.25) is 0 Å². The van der Waals surface area contributed by atoms with Crippen LogP contribution in [0.5, 0.6) is 0 Å². The molecule has 0 aliphatic carbocycles. The molecule has 0 unspecified atom stereocenters. The maximum absolute atomic E-state index is 13.4. The summed E-state index contributed by atoms with van der Waals surface area (Å²) < 4.78 is 34.8. The van der Waals surface area contributed by atoms with Gasteiger partial charge in [0.25, 0.3) is 15.6 Å². The van der Waals surface area contributed by atoms with Gasteiger partial charge < -0.3 is 4.74 Å². The Hall–Kier alpha value is -3.50. The van der Waals surface area contributed by atoms with Crippen LogP contribution in [-0.2, 0) is 21.4 Å². The number of fused-ring (bicyclic) bond motifs is 1. The predicted octanol–water partition coefficient (Wildman–Crippen LogP) is 3.64. The summed E-state index contributed by atoms with van der Waals surface area (Å²) in [5.41, 5.74) is 1.19. The van der Waals surface area contributed by atoms with Crippen molar-refractivity contribution < 1.29 is 17.9 Å². The molecule has 0 fully saturated rings. The first kappa shape index (κ1) is 22.7. The van der Waals surface area contributed by atoms with Crippen LogP contribution in [0.15, 0.2) is 75.9 Å². The summed E-state index contributed by atoms with van der Waals surface area (Å²) in [6, 6.07) is 14.5. The number of rotatable bonds is 7. The molecule has 0 aliphatic heterocycles.